The lowest BCUT2D eigenvalue weighted by molar-refractivity contribution is 0.0697. The van der Waals surface area contributed by atoms with E-state index in [1.165, 1.54) is 51.3 Å². The number of hydrogen-bond acceptors (Lipinski definition) is 6. The number of carboxylic acid groups (broad SMARTS) is 1. The van der Waals surface area contributed by atoms with Crippen molar-refractivity contribution in [3.05, 3.63) is 46.1 Å². The predicted octanol–water partition coefficient (Wildman–Crippen LogP) is 2.84. The van der Waals surface area contributed by atoms with Crippen LogP contribution in [0.3, 0.4) is 0 Å². The summed E-state index contributed by atoms with van der Waals surface area (Å²) in [5.41, 5.74) is -0.299. The number of aromatic carboxylic acids is 1. The number of carbonyl (C=O) groups is 1. The van der Waals surface area contributed by atoms with Crippen molar-refractivity contribution in [2.45, 2.75) is 24.0 Å². The highest BCUT2D eigenvalue weighted by molar-refractivity contribution is 7.92. The van der Waals surface area contributed by atoms with Crippen LogP contribution in [0, 0.1) is 0 Å². The minimum atomic E-state index is -3.65. The average Bonchev–Trinajstić information content (AvgIpc) is 2.60. The number of benzene rings is 2. The molecule has 26 heavy (non-hydrogen) atoms. The van der Waals surface area contributed by atoms with Gasteiger partial charge in [0, 0.05) is 6.07 Å². The normalized spacial score (nSPS) is 12.0. The summed E-state index contributed by atoms with van der Waals surface area (Å²) in [6.07, 6.45) is 0. The molecule has 0 saturated heterocycles. The molecule has 3 aromatic rings. The van der Waals surface area contributed by atoms with Gasteiger partial charge in [0.2, 0.25) is 5.43 Å². The van der Waals surface area contributed by atoms with Crippen LogP contribution in [0.2, 0.25) is 0 Å². The highest BCUT2D eigenvalue weighted by atomic mass is 32.2. The van der Waals surface area contributed by atoms with Gasteiger partial charge < -0.3 is 14.3 Å². The maximum Gasteiger partial charge on any atom is 0.335 e. The van der Waals surface area contributed by atoms with Gasteiger partial charge in [-0.05, 0) is 38.1 Å². The number of ether oxygens (including phenoxy) is 1. The standard InChI is InChI=1S/C18H16O7S/c1-9(2)26(22,23)11-7-13-16(19)12-6-10(18(20)21)4-5-14(12)25-17(13)15(8-11)24-3/h4-9H,1-3H3,(H,20,21). The van der Waals surface area contributed by atoms with E-state index in [-0.39, 0.29) is 38.1 Å². The van der Waals surface area contributed by atoms with E-state index in [1.54, 1.807) is 0 Å². The van der Waals surface area contributed by atoms with Crippen molar-refractivity contribution in [3.63, 3.8) is 0 Å². The molecular weight excluding hydrogens is 360 g/mol. The van der Waals surface area contributed by atoms with Crippen LogP contribution in [0.25, 0.3) is 21.9 Å². The van der Waals surface area contributed by atoms with Gasteiger partial charge in [-0.15, -0.1) is 0 Å². The van der Waals surface area contributed by atoms with Crippen molar-refractivity contribution in [1.29, 1.82) is 0 Å². The largest absolute Gasteiger partial charge is 0.493 e. The lowest BCUT2D eigenvalue weighted by atomic mass is 10.1. The Bertz CT molecular complexity index is 1200. The van der Waals surface area contributed by atoms with E-state index in [0.717, 1.165) is 0 Å². The van der Waals surface area contributed by atoms with Crippen LogP contribution in [0.15, 0.2) is 44.4 Å². The minimum Gasteiger partial charge on any atom is -0.493 e. The molecule has 0 atom stereocenters. The lowest BCUT2D eigenvalue weighted by Gasteiger charge is -2.12. The Morgan fingerprint density at radius 3 is 2.42 bits per heavy atom. The third kappa shape index (κ3) is 2.72. The maximum atomic E-state index is 12.9. The van der Waals surface area contributed by atoms with Gasteiger partial charge in [-0.2, -0.15) is 0 Å². The van der Waals surface area contributed by atoms with Crippen LogP contribution in [0.5, 0.6) is 5.75 Å². The van der Waals surface area contributed by atoms with Gasteiger partial charge >= 0.3 is 5.97 Å². The fourth-order valence-electron chi connectivity index (χ4n) is 2.62. The first-order valence-electron chi connectivity index (χ1n) is 7.72. The highest BCUT2D eigenvalue weighted by Crippen LogP contribution is 2.31. The van der Waals surface area contributed by atoms with Crippen molar-refractivity contribution in [1.82, 2.24) is 0 Å². The second-order valence-electron chi connectivity index (χ2n) is 6.04. The smallest absolute Gasteiger partial charge is 0.335 e. The summed E-state index contributed by atoms with van der Waals surface area (Å²) in [7, 11) is -2.30. The monoisotopic (exact) mass is 376 g/mol. The summed E-state index contributed by atoms with van der Waals surface area (Å²) in [6.45, 7) is 3.07. The molecule has 0 bridgehead atoms. The first-order chi connectivity index (χ1) is 12.2. The Kier molecular flexibility index (Phi) is 4.23. The van der Waals surface area contributed by atoms with Crippen molar-refractivity contribution >= 4 is 37.7 Å². The minimum absolute atomic E-state index is 0.0126. The van der Waals surface area contributed by atoms with E-state index < -0.39 is 26.5 Å². The Hall–Kier alpha value is -2.87. The molecular formula is C18H16O7S. The molecule has 0 fully saturated rings. The molecule has 1 N–H and O–H groups in total. The van der Waals surface area contributed by atoms with Crippen LogP contribution in [0.4, 0.5) is 0 Å². The zero-order chi connectivity index (χ0) is 19.2. The van der Waals surface area contributed by atoms with E-state index in [4.69, 9.17) is 14.3 Å². The number of sulfone groups is 1. The third-order valence-electron chi connectivity index (χ3n) is 4.13. The molecule has 1 heterocycles. The van der Waals surface area contributed by atoms with Crippen LogP contribution < -0.4 is 10.2 Å². The molecule has 0 aliphatic carbocycles. The Balaban J connectivity index is 2.46. The van der Waals surface area contributed by atoms with Crippen molar-refractivity contribution in [2.24, 2.45) is 0 Å². The third-order valence-corrected chi connectivity index (χ3v) is 6.26. The fraction of sp³-hybridized carbons (Fsp3) is 0.222. The Labute approximate surface area is 148 Å². The average molecular weight is 376 g/mol. The molecule has 0 aliphatic rings. The van der Waals surface area contributed by atoms with Crippen molar-refractivity contribution < 1.29 is 27.5 Å². The summed E-state index contributed by atoms with van der Waals surface area (Å²) < 4.78 is 35.9. The van der Waals surface area contributed by atoms with Gasteiger partial charge in [-0.3, -0.25) is 4.79 Å². The van der Waals surface area contributed by atoms with Gasteiger partial charge in [0.15, 0.2) is 21.2 Å². The zero-order valence-corrected chi connectivity index (χ0v) is 15.1. The van der Waals surface area contributed by atoms with Crippen LogP contribution >= 0.6 is 0 Å². The van der Waals surface area contributed by atoms with Crippen LogP contribution in [0.1, 0.15) is 24.2 Å². The molecule has 2 aromatic carbocycles. The summed E-state index contributed by atoms with van der Waals surface area (Å²) >= 11 is 0. The summed E-state index contributed by atoms with van der Waals surface area (Å²) in [5.74, 6) is -1.07. The molecule has 8 heteroatoms. The Morgan fingerprint density at radius 1 is 1.15 bits per heavy atom. The SMILES string of the molecule is COc1cc(S(=O)(=O)C(C)C)cc2c(=O)c3cc(C(=O)O)ccc3oc12. The number of rotatable bonds is 4. The maximum absolute atomic E-state index is 12.9. The fourth-order valence-corrected chi connectivity index (χ4v) is 3.72. The van der Waals surface area contributed by atoms with E-state index in [9.17, 15) is 18.0 Å². The molecule has 3 rings (SSSR count). The molecule has 0 unspecified atom stereocenters. The first kappa shape index (κ1) is 17.9. The topological polar surface area (TPSA) is 111 Å². The summed E-state index contributed by atoms with van der Waals surface area (Å²) in [4.78, 5) is 24.0. The molecule has 0 amide bonds. The van der Waals surface area contributed by atoms with Crippen molar-refractivity contribution in [3.8, 4) is 5.75 Å². The number of methoxy groups -OCH3 is 1. The van der Waals surface area contributed by atoms with Gasteiger partial charge in [-0.25, -0.2) is 13.2 Å². The molecule has 0 aliphatic heterocycles. The number of fused-ring (bicyclic) bond motifs is 2. The van der Waals surface area contributed by atoms with Gasteiger partial charge in [0.25, 0.3) is 0 Å². The zero-order valence-electron chi connectivity index (χ0n) is 14.3. The van der Waals surface area contributed by atoms with Gasteiger partial charge in [0.05, 0.1) is 33.6 Å². The second-order valence-corrected chi connectivity index (χ2v) is 8.55. The molecule has 0 saturated carbocycles. The Morgan fingerprint density at radius 2 is 1.85 bits per heavy atom. The predicted molar refractivity (Wildman–Crippen MR) is 95.8 cm³/mol. The molecule has 0 spiro atoms. The van der Waals surface area contributed by atoms with Gasteiger partial charge in [-0.1, -0.05) is 0 Å². The molecule has 136 valence electrons. The second kappa shape index (κ2) is 6.14. The first-order valence-corrected chi connectivity index (χ1v) is 9.27. The van der Waals surface area contributed by atoms with Gasteiger partial charge in [0.1, 0.15) is 5.58 Å². The quantitative estimate of drug-likeness (QED) is 0.697. The highest BCUT2D eigenvalue weighted by Gasteiger charge is 2.23. The number of hydrogen-bond donors (Lipinski definition) is 1. The lowest BCUT2D eigenvalue weighted by Crippen LogP contribution is -2.15. The van der Waals surface area contributed by atoms with Crippen molar-refractivity contribution in [2.75, 3.05) is 7.11 Å². The van der Waals surface area contributed by atoms with E-state index in [0.29, 0.717) is 0 Å². The molecule has 1 aromatic heterocycles. The summed E-state index contributed by atoms with van der Waals surface area (Å²) in [5, 5.41) is 8.49. The van der Waals surface area contributed by atoms with Crippen LogP contribution in [-0.4, -0.2) is 31.9 Å². The van der Waals surface area contributed by atoms with E-state index >= 15 is 0 Å². The van der Waals surface area contributed by atoms with E-state index in [2.05, 4.69) is 0 Å². The van der Waals surface area contributed by atoms with Crippen LogP contribution in [-0.2, 0) is 9.84 Å². The molecule has 0 radical (unpaired) electrons. The summed E-state index contributed by atoms with van der Waals surface area (Å²) in [6, 6.07) is 6.48. The molecule has 7 nitrogen and oxygen atoms in total. The van der Waals surface area contributed by atoms with E-state index in [1.807, 2.05) is 0 Å². The number of carboxylic acids is 1.